The van der Waals surface area contributed by atoms with Crippen LogP contribution in [0.4, 0.5) is 0 Å². The van der Waals surface area contributed by atoms with Crippen molar-refractivity contribution in [3.8, 4) is 0 Å². The van der Waals surface area contributed by atoms with Crippen molar-refractivity contribution in [2.45, 2.75) is 50.3 Å². The molecule has 0 aromatic heterocycles. The van der Waals surface area contributed by atoms with E-state index in [4.69, 9.17) is 11.6 Å². The molecular formula is C18H27ClN2OS. The van der Waals surface area contributed by atoms with E-state index < -0.39 is 0 Å². The second kappa shape index (κ2) is 8.95. The molecule has 5 heteroatoms. The number of likely N-dealkylation sites (tertiary alicyclic amines) is 1. The number of benzene rings is 1. The molecule has 3 nitrogen and oxygen atoms in total. The fourth-order valence-electron chi connectivity index (χ4n) is 3.03. The van der Waals surface area contributed by atoms with Crippen LogP contribution in [-0.4, -0.2) is 35.7 Å². The molecular weight excluding hydrogens is 328 g/mol. The minimum atomic E-state index is 0.0591. The Bertz CT molecular complexity index is 536. The quantitative estimate of drug-likeness (QED) is 0.777. The molecule has 1 amide bonds. The summed E-state index contributed by atoms with van der Waals surface area (Å²) in [5.74, 6) is 0.597. The van der Waals surface area contributed by atoms with Gasteiger partial charge in [-0.3, -0.25) is 9.69 Å². The lowest BCUT2D eigenvalue weighted by molar-refractivity contribution is -0.119. The Balaban J connectivity index is 2.02. The zero-order valence-electron chi connectivity index (χ0n) is 14.3. The van der Waals surface area contributed by atoms with Crippen molar-refractivity contribution in [3.63, 3.8) is 0 Å². The Kier molecular flexibility index (Phi) is 7.25. The summed E-state index contributed by atoms with van der Waals surface area (Å²) >= 11 is 8.35. The summed E-state index contributed by atoms with van der Waals surface area (Å²) in [4.78, 5) is 14.9. The summed E-state index contributed by atoms with van der Waals surface area (Å²) in [6.07, 6.45) is 2.37. The highest BCUT2D eigenvalue weighted by atomic mass is 35.5. The van der Waals surface area contributed by atoms with E-state index in [9.17, 15) is 4.79 Å². The summed E-state index contributed by atoms with van der Waals surface area (Å²) in [6.45, 7) is 9.80. The van der Waals surface area contributed by atoms with Crippen LogP contribution in [0.2, 0.25) is 5.02 Å². The molecule has 23 heavy (non-hydrogen) atoms. The number of nitrogens with zero attached hydrogens (tertiary/aromatic N) is 1. The zero-order valence-corrected chi connectivity index (χ0v) is 15.8. The van der Waals surface area contributed by atoms with Gasteiger partial charge in [0.15, 0.2) is 0 Å². The van der Waals surface area contributed by atoms with Gasteiger partial charge in [0.1, 0.15) is 0 Å². The van der Waals surface area contributed by atoms with E-state index in [2.05, 4.69) is 30.1 Å². The van der Waals surface area contributed by atoms with Gasteiger partial charge in [-0.25, -0.2) is 0 Å². The van der Waals surface area contributed by atoms with E-state index in [1.54, 1.807) is 6.92 Å². The Morgan fingerprint density at radius 2 is 2.26 bits per heavy atom. The largest absolute Gasteiger partial charge is 0.356 e. The molecule has 0 aliphatic carbocycles. The van der Waals surface area contributed by atoms with E-state index in [0.717, 1.165) is 31.2 Å². The van der Waals surface area contributed by atoms with E-state index >= 15 is 0 Å². The Labute approximate surface area is 149 Å². The average molecular weight is 355 g/mol. The minimum Gasteiger partial charge on any atom is -0.356 e. The number of hydrogen-bond donors (Lipinski definition) is 1. The topological polar surface area (TPSA) is 32.3 Å². The average Bonchev–Trinajstić information content (AvgIpc) is 2.49. The van der Waals surface area contributed by atoms with Gasteiger partial charge in [0.2, 0.25) is 5.91 Å². The molecule has 1 aromatic carbocycles. The molecule has 1 N–H and O–H groups in total. The van der Waals surface area contributed by atoms with Crippen LogP contribution in [0, 0.1) is 5.92 Å². The third-order valence-corrected chi connectivity index (χ3v) is 5.52. The molecule has 1 aliphatic rings. The summed E-state index contributed by atoms with van der Waals surface area (Å²) in [5.41, 5.74) is 1.24. The molecule has 1 fully saturated rings. The Morgan fingerprint density at radius 3 is 2.96 bits per heavy atom. The monoisotopic (exact) mass is 354 g/mol. The van der Waals surface area contributed by atoms with Crippen LogP contribution in [0.1, 0.15) is 39.2 Å². The summed E-state index contributed by atoms with van der Waals surface area (Å²) in [7, 11) is 0. The van der Waals surface area contributed by atoms with Gasteiger partial charge in [0.05, 0.1) is 0 Å². The molecule has 128 valence electrons. The van der Waals surface area contributed by atoms with E-state index in [1.165, 1.54) is 23.3 Å². The maximum Gasteiger partial charge on any atom is 0.216 e. The van der Waals surface area contributed by atoms with Gasteiger partial charge >= 0.3 is 0 Å². The zero-order chi connectivity index (χ0) is 16.8. The van der Waals surface area contributed by atoms with Crippen LogP contribution in [0.3, 0.4) is 0 Å². The van der Waals surface area contributed by atoms with Crippen molar-refractivity contribution in [2.75, 3.05) is 19.6 Å². The maximum absolute atomic E-state index is 11.1. The van der Waals surface area contributed by atoms with Crippen molar-refractivity contribution in [2.24, 2.45) is 5.92 Å². The first-order valence-electron chi connectivity index (χ1n) is 8.36. The molecule has 1 aromatic rings. The number of carbonyl (C=O) groups excluding carboxylic acids is 1. The number of amides is 1. The smallest absolute Gasteiger partial charge is 0.216 e. The van der Waals surface area contributed by atoms with Crippen molar-refractivity contribution in [1.29, 1.82) is 0 Å². The summed E-state index contributed by atoms with van der Waals surface area (Å²) in [5, 5.41) is 4.36. The SMILES string of the molecule is CC(=O)NCC1CCCN(Cc2c(Cl)cccc2SC(C)C)C1. The van der Waals surface area contributed by atoms with Crippen LogP contribution in [0.25, 0.3) is 0 Å². The van der Waals surface area contributed by atoms with E-state index in [-0.39, 0.29) is 5.91 Å². The van der Waals surface area contributed by atoms with Crippen LogP contribution in [0.15, 0.2) is 23.1 Å². The van der Waals surface area contributed by atoms with Gasteiger partial charge in [-0.05, 0) is 43.0 Å². The fraction of sp³-hybridized carbons (Fsp3) is 0.611. The lowest BCUT2D eigenvalue weighted by atomic mass is 9.97. The van der Waals surface area contributed by atoms with Gasteiger partial charge in [-0.2, -0.15) is 0 Å². The van der Waals surface area contributed by atoms with Gasteiger partial charge < -0.3 is 5.32 Å². The third-order valence-electron chi connectivity index (χ3n) is 4.06. The normalized spacial score (nSPS) is 19.1. The van der Waals surface area contributed by atoms with Crippen LogP contribution in [0.5, 0.6) is 0 Å². The predicted molar refractivity (Wildman–Crippen MR) is 99.1 cm³/mol. The molecule has 1 heterocycles. The predicted octanol–water partition coefficient (Wildman–Crippen LogP) is 4.19. The number of carbonyl (C=O) groups is 1. The standard InChI is InChI=1S/C18H27ClN2OS/c1-13(2)23-18-8-4-7-17(19)16(18)12-21-9-5-6-15(11-21)10-20-14(3)22/h4,7-8,13,15H,5-6,9-12H2,1-3H3,(H,20,22). The molecule has 0 spiro atoms. The third kappa shape index (κ3) is 6.02. The second-order valence-electron chi connectivity index (χ2n) is 6.56. The second-order valence-corrected chi connectivity index (χ2v) is 8.59. The molecule has 1 saturated heterocycles. The number of piperidine rings is 1. The number of thioether (sulfide) groups is 1. The first-order chi connectivity index (χ1) is 11.0. The summed E-state index contributed by atoms with van der Waals surface area (Å²) < 4.78 is 0. The number of halogens is 1. The first kappa shape index (κ1) is 18.6. The van der Waals surface area contributed by atoms with Crippen LogP contribution < -0.4 is 5.32 Å². The lowest BCUT2D eigenvalue weighted by Gasteiger charge is -2.33. The minimum absolute atomic E-state index is 0.0591. The van der Waals surface area contributed by atoms with Gasteiger partial charge in [0.25, 0.3) is 0 Å². The number of rotatable bonds is 6. The molecule has 0 saturated carbocycles. The highest BCUT2D eigenvalue weighted by Crippen LogP contribution is 2.33. The van der Waals surface area contributed by atoms with Gasteiger partial charge in [0, 0.05) is 41.7 Å². The first-order valence-corrected chi connectivity index (χ1v) is 9.62. The number of nitrogens with one attached hydrogen (secondary N) is 1. The van der Waals surface area contributed by atoms with Crippen molar-refractivity contribution in [1.82, 2.24) is 10.2 Å². The molecule has 1 unspecified atom stereocenters. The lowest BCUT2D eigenvalue weighted by Crippen LogP contribution is -2.40. The van der Waals surface area contributed by atoms with Crippen LogP contribution in [-0.2, 0) is 11.3 Å². The van der Waals surface area contributed by atoms with Gasteiger partial charge in [-0.15, -0.1) is 11.8 Å². The number of hydrogen-bond acceptors (Lipinski definition) is 3. The van der Waals surface area contributed by atoms with Gasteiger partial charge in [-0.1, -0.05) is 31.5 Å². The van der Waals surface area contributed by atoms with Crippen molar-refractivity contribution >= 4 is 29.3 Å². The van der Waals surface area contributed by atoms with Crippen LogP contribution >= 0.6 is 23.4 Å². The Hall–Kier alpha value is -0.710. The molecule has 1 atom stereocenters. The molecule has 0 radical (unpaired) electrons. The van der Waals surface area contributed by atoms with Crippen molar-refractivity contribution in [3.05, 3.63) is 28.8 Å². The maximum atomic E-state index is 11.1. The highest BCUT2D eigenvalue weighted by Gasteiger charge is 2.22. The molecule has 0 bridgehead atoms. The Morgan fingerprint density at radius 1 is 1.48 bits per heavy atom. The molecule has 2 rings (SSSR count). The fourth-order valence-corrected chi connectivity index (χ4v) is 4.30. The van der Waals surface area contributed by atoms with E-state index in [1.807, 2.05) is 23.9 Å². The van der Waals surface area contributed by atoms with Crippen molar-refractivity contribution < 1.29 is 4.79 Å². The highest BCUT2D eigenvalue weighted by molar-refractivity contribution is 8.00. The summed E-state index contributed by atoms with van der Waals surface area (Å²) in [6, 6.07) is 6.19. The van der Waals surface area contributed by atoms with E-state index in [0.29, 0.717) is 11.2 Å². The molecule has 1 aliphatic heterocycles.